The molecule has 6 heteroatoms. The Bertz CT molecular complexity index is 510. The third-order valence-corrected chi connectivity index (χ3v) is 3.67. The van der Waals surface area contributed by atoms with Crippen molar-refractivity contribution in [2.24, 2.45) is 5.92 Å². The van der Waals surface area contributed by atoms with Crippen molar-refractivity contribution in [3.05, 3.63) is 24.0 Å². The van der Waals surface area contributed by atoms with E-state index in [1.165, 1.54) is 0 Å². The van der Waals surface area contributed by atoms with Crippen LogP contribution in [-0.2, 0) is 16.1 Å². The van der Waals surface area contributed by atoms with Gasteiger partial charge >= 0.3 is 12.0 Å². The zero-order valence-corrected chi connectivity index (χ0v) is 12.8. The number of urea groups is 1. The number of carbonyl (C=O) groups excluding carboxylic acids is 2. The number of amides is 2. The van der Waals surface area contributed by atoms with Crippen LogP contribution in [0.1, 0.15) is 32.5 Å². The largest absolute Gasteiger partial charge is 0.465 e. The maximum Gasteiger partial charge on any atom is 0.325 e. The Balaban J connectivity index is 2.05. The summed E-state index contributed by atoms with van der Waals surface area (Å²) in [5, 5.41) is 2.65. The number of hydrogen-bond donors (Lipinski definition) is 1. The van der Waals surface area contributed by atoms with Crippen LogP contribution in [0.2, 0.25) is 0 Å². The van der Waals surface area contributed by atoms with E-state index in [1.807, 2.05) is 12.3 Å². The van der Waals surface area contributed by atoms with Gasteiger partial charge in [-0.3, -0.25) is 4.79 Å². The lowest BCUT2D eigenvalue weighted by atomic mass is 9.97. The molecule has 0 saturated carbocycles. The second kappa shape index (κ2) is 6.65. The number of nitrogens with one attached hydrogen (secondary N) is 1. The Morgan fingerprint density at radius 2 is 2.19 bits per heavy atom. The Morgan fingerprint density at radius 3 is 2.86 bits per heavy atom. The van der Waals surface area contributed by atoms with E-state index >= 15 is 0 Å². The highest BCUT2D eigenvalue weighted by atomic mass is 16.5. The minimum atomic E-state index is -0.410. The average Bonchev–Trinajstić information content (AvgIpc) is 2.91. The lowest BCUT2D eigenvalue weighted by Gasteiger charge is -2.39. The molecule has 0 aromatic carbocycles. The molecule has 2 amide bonds. The highest BCUT2D eigenvalue weighted by Crippen LogP contribution is 2.32. The van der Waals surface area contributed by atoms with Crippen molar-refractivity contribution in [1.29, 1.82) is 0 Å². The maximum atomic E-state index is 12.4. The number of rotatable bonds is 4. The van der Waals surface area contributed by atoms with Crippen LogP contribution in [-0.4, -0.2) is 41.2 Å². The van der Waals surface area contributed by atoms with E-state index in [1.54, 1.807) is 11.8 Å². The Kier molecular flexibility index (Phi) is 4.88. The monoisotopic (exact) mass is 293 g/mol. The first-order valence-corrected chi connectivity index (χ1v) is 7.39. The maximum absolute atomic E-state index is 12.4. The molecule has 21 heavy (non-hydrogen) atoms. The van der Waals surface area contributed by atoms with Crippen molar-refractivity contribution in [1.82, 2.24) is 14.8 Å². The van der Waals surface area contributed by atoms with E-state index in [2.05, 4.69) is 29.8 Å². The Morgan fingerprint density at radius 1 is 1.43 bits per heavy atom. The zero-order valence-electron chi connectivity index (χ0n) is 12.8. The molecule has 1 aliphatic heterocycles. The summed E-state index contributed by atoms with van der Waals surface area (Å²) < 4.78 is 7.00. The molecule has 1 aliphatic rings. The minimum Gasteiger partial charge on any atom is -0.465 e. The molecule has 1 N–H and O–H groups in total. The molecule has 0 spiro atoms. The molecule has 1 aromatic heterocycles. The lowest BCUT2D eigenvalue weighted by Crippen LogP contribution is -2.49. The molecule has 0 bridgehead atoms. The standard InChI is InChI=1S/C15H23N3O3/c1-4-21-13(19)10-16-15(20)18-9-8-17-7-5-6-12(17)14(18)11(2)3/h5-7,11,14H,4,8-10H2,1-3H3,(H,16,20)/t14-/m1/s1. The fraction of sp³-hybridized carbons (Fsp3) is 0.600. The predicted octanol–water partition coefficient (Wildman–Crippen LogP) is 1.77. The Labute approximate surface area is 125 Å². The van der Waals surface area contributed by atoms with E-state index in [0.29, 0.717) is 19.1 Å². The van der Waals surface area contributed by atoms with Gasteiger partial charge in [0.2, 0.25) is 0 Å². The summed E-state index contributed by atoms with van der Waals surface area (Å²) in [6.45, 7) is 7.58. The smallest absolute Gasteiger partial charge is 0.325 e. The number of carbonyl (C=O) groups is 2. The van der Waals surface area contributed by atoms with E-state index in [9.17, 15) is 9.59 Å². The summed E-state index contributed by atoms with van der Waals surface area (Å²) in [4.78, 5) is 25.5. The molecule has 0 aliphatic carbocycles. The van der Waals surface area contributed by atoms with Gasteiger partial charge in [-0.2, -0.15) is 0 Å². The molecule has 0 unspecified atom stereocenters. The average molecular weight is 293 g/mol. The van der Waals surface area contributed by atoms with Gasteiger partial charge in [-0.05, 0) is 25.0 Å². The first-order valence-electron chi connectivity index (χ1n) is 7.39. The van der Waals surface area contributed by atoms with Crippen molar-refractivity contribution in [2.75, 3.05) is 19.7 Å². The van der Waals surface area contributed by atoms with Gasteiger partial charge in [0.15, 0.2) is 0 Å². The summed E-state index contributed by atoms with van der Waals surface area (Å²) in [6, 6.07) is 3.87. The van der Waals surface area contributed by atoms with E-state index in [-0.39, 0.29) is 18.6 Å². The van der Waals surface area contributed by atoms with E-state index < -0.39 is 5.97 Å². The zero-order chi connectivity index (χ0) is 15.4. The number of nitrogens with zero attached hydrogens (tertiary/aromatic N) is 2. The second-order valence-electron chi connectivity index (χ2n) is 5.47. The van der Waals surface area contributed by atoms with Gasteiger partial charge in [-0.1, -0.05) is 13.8 Å². The van der Waals surface area contributed by atoms with E-state index in [4.69, 9.17) is 4.74 Å². The molecule has 2 heterocycles. The molecule has 1 aromatic rings. The molecular weight excluding hydrogens is 270 g/mol. The van der Waals surface area contributed by atoms with Crippen LogP contribution in [0.5, 0.6) is 0 Å². The van der Waals surface area contributed by atoms with Crippen molar-refractivity contribution in [3.63, 3.8) is 0 Å². The van der Waals surface area contributed by atoms with Gasteiger partial charge in [-0.25, -0.2) is 4.79 Å². The third kappa shape index (κ3) is 3.37. The summed E-state index contributed by atoms with van der Waals surface area (Å²) in [5.74, 6) is -0.111. The SMILES string of the molecule is CCOC(=O)CNC(=O)N1CCn2cccc2[C@H]1C(C)C. The van der Waals surface area contributed by atoms with Gasteiger partial charge < -0.3 is 19.5 Å². The van der Waals surface area contributed by atoms with Crippen LogP contribution in [0.15, 0.2) is 18.3 Å². The van der Waals surface area contributed by atoms with Crippen LogP contribution in [0.4, 0.5) is 4.79 Å². The van der Waals surface area contributed by atoms with Gasteiger partial charge in [0, 0.05) is 25.0 Å². The van der Waals surface area contributed by atoms with Crippen molar-refractivity contribution in [2.45, 2.75) is 33.4 Å². The summed E-state index contributed by atoms with van der Waals surface area (Å²) in [5.41, 5.74) is 1.14. The van der Waals surface area contributed by atoms with Gasteiger partial charge in [-0.15, -0.1) is 0 Å². The van der Waals surface area contributed by atoms with Crippen LogP contribution < -0.4 is 5.32 Å². The Hall–Kier alpha value is -1.98. The summed E-state index contributed by atoms with van der Waals surface area (Å²) in [7, 11) is 0. The summed E-state index contributed by atoms with van der Waals surface area (Å²) in [6.07, 6.45) is 2.04. The molecule has 116 valence electrons. The number of ether oxygens (including phenoxy) is 1. The van der Waals surface area contributed by atoms with Gasteiger partial charge in [0.25, 0.3) is 0 Å². The fourth-order valence-electron chi connectivity index (χ4n) is 2.80. The van der Waals surface area contributed by atoms with Crippen molar-refractivity contribution in [3.8, 4) is 0 Å². The van der Waals surface area contributed by atoms with Crippen LogP contribution >= 0.6 is 0 Å². The number of hydrogen-bond acceptors (Lipinski definition) is 3. The van der Waals surface area contributed by atoms with E-state index in [0.717, 1.165) is 12.2 Å². The van der Waals surface area contributed by atoms with Crippen molar-refractivity contribution < 1.29 is 14.3 Å². The lowest BCUT2D eigenvalue weighted by molar-refractivity contribution is -0.141. The molecule has 0 fully saturated rings. The number of esters is 1. The molecule has 6 nitrogen and oxygen atoms in total. The van der Waals surface area contributed by atoms with Gasteiger partial charge in [0.1, 0.15) is 6.54 Å². The summed E-state index contributed by atoms with van der Waals surface area (Å²) >= 11 is 0. The number of aromatic nitrogens is 1. The number of fused-ring (bicyclic) bond motifs is 1. The molecule has 1 atom stereocenters. The fourth-order valence-corrected chi connectivity index (χ4v) is 2.80. The predicted molar refractivity (Wildman–Crippen MR) is 78.7 cm³/mol. The van der Waals surface area contributed by atoms with Crippen molar-refractivity contribution >= 4 is 12.0 Å². The highest BCUT2D eigenvalue weighted by molar-refractivity contribution is 5.81. The molecular formula is C15H23N3O3. The first kappa shape index (κ1) is 15.4. The molecule has 0 saturated heterocycles. The van der Waals surface area contributed by atoms with Crippen LogP contribution in [0, 0.1) is 5.92 Å². The minimum absolute atomic E-state index is 0.0240. The van der Waals surface area contributed by atoms with Crippen LogP contribution in [0.25, 0.3) is 0 Å². The second-order valence-corrected chi connectivity index (χ2v) is 5.47. The molecule has 0 radical (unpaired) electrons. The third-order valence-electron chi connectivity index (χ3n) is 3.67. The first-order chi connectivity index (χ1) is 10.0. The van der Waals surface area contributed by atoms with Gasteiger partial charge in [0.05, 0.1) is 12.6 Å². The quantitative estimate of drug-likeness (QED) is 0.861. The molecule has 2 rings (SSSR count). The normalized spacial score (nSPS) is 17.5. The topological polar surface area (TPSA) is 63.6 Å². The van der Waals surface area contributed by atoms with Crippen LogP contribution in [0.3, 0.4) is 0 Å². The highest BCUT2D eigenvalue weighted by Gasteiger charge is 2.32.